The van der Waals surface area contributed by atoms with Gasteiger partial charge in [-0.05, 0) is 62.2 Å². The van der Waals surface area contributed by atoms with E-state index in [2.05, 4.69) is 20.3 Å². The first kappa shape index (κ1) is 20.5. The number of aryl methyl sites for hydroxylation is 3. The number of aliphatic imine (C=N–C) groups is 1. The molecule has 0 aliphatic carbocycles. The summed E-state index contributed by atoms with van der Waals surface area (Å²) in [5.41, 5.74) is 4.80. The third kappa shape index (κ3) is 3.96. The Morgan fingerprint density at radius 1 is 1.07 bits per heavy atom. The van der Waals surface area contributed by atoms with Crippen molar-refractivity contribution in [1.82, 2.24) is 20.0 Å². The van der Waals surface area contributed by atoms with Gasteiger partial charge in [0.15, 0.2) is 5.01 Å². The number of rotatable bonds is 4. The van der Waals surface area contributed by atoms with Crippen LogP contribution in [0.5, 0.6) is 0 Å². The Kier molecular flexibility index (Phi) is 5.60. The molecule has 0 atom stereocenters. The summed E-state index contributed by atoms with van der Waals surface area (Å²) in [5, 5.41) is 13.4. The van der Waals surface area contributed by atoms with Crippen molar-refractivity contribution >= 4 is 45.9 Å². The highest BCUT2D eigenvalue weighted by molar-refractivity contribution is 7.18. The van der Waals surface area contributed by atoms with Crippen molar-refractivity contribution in [3.05, 3.63) is 79.2 Å². The minimum absolute atomic E-state index is 0.176. The van der Waals surface area contributed by atoms with Crippen LogP contribution >= 0.6 is 34.5 Å². The lowest BCUT2D eigenvalue weighted by Gasteiger charge is -2.05. The van der Waals surface area contributed by atoms with Crippen LogP contribution in [0.15, 0.2) is 46.2 Å². The van der Waals surface area contributed by atoms with Crippen LogP contribution in [0.4, 0.5) is 5.13 Å². The summed E-state index contributed by atoms with van der Waals surface area (Å²) in [7, 11) is 0. The molecule has 0 bridgehead atoms. The van der Waals surface area contributed by atoms with E-state index in [1.165, 1.54) is 27.8 Å². The van der Waals surface area contributed by atoms with Gasteiger partial charge in [-0.3, -0.25) is 9.89 Å². The standard InChI is InChI=1S/C21H17Cl2N5OS/c1-11-4-6-15(8-12(11)2)28-20(29)17(13(3)27-28)10-24-21-26-25-19(30-21)16-7-5-14(22)9-18(16)23/h4-10,27H,1-3H3. The van der Waals surface area contributed by atoms with E-state index in [9.17, 15) is 4.79 Å². The van der Waals surface area contributed by atoms with E-state index in [0.717, 1.165) is 16.8 Å². The normalized spacial score (nSPS) is 11.5. The molecule has 30 heavy (non-hydrogen) atoms. The topological polar surface area (TPSA) is 75.9 Å². The second kappa shape index (κ2) is 8.18. The van der Waals surface area contributed by atoms with Gasteiger partial charge in [-0.25, -0.2) is 9.67 Å². The molecule has 0 unspecified atom stereocenters. The molecule has 2 heterocycles. The summed E-state index contributed by atoms with van der Waals surface area (Å²) in [6, 6.07) is 11.1. The van der Waals surface area contributed by atoms with E-state index >= 15 is 0 Å². The summed E-state index contributed by atoms with van der Waals surface area (Å²) in [5.74, 6) is 0. The van der Waals surface area contributed by atoms with Crippen molar-refractivity contribution in [1.29, 1.82) is 0 Å². The van der Waals surface area contributed by atoms with Crippen molar-refractivity contribution in [2.75, 3.05) is 0 Å². The summed E-state index contributed by atoms with van der Waals surface area (Å²) in [4.78, 5) is 17.2. The first-order chi connectivity index (χ1) is 14.3. The zero-order valence-electron chi connectivity index (χ0n) is 16.4. The number of benzene rings is 2. The summed E-state index contributed by atoms with van der Waals surface area (Å²) < 4.78 is 1.52. The van der Waals surface area contributed by atoms with E-state index in [1.807, 2.05) is 39.0 Å². The van der Waals surface area contributed by atoms with Gasteiger partial charge in [-0.2, -0.15) is 0 Å². The summed E-state index contributed by atoms with van der Waals surface area (Å²) in [6.45, 7) is 5.88. The summed E-state index contributed by atoms with van der Waals surface area (Å²) in [6.07, 6.45) is 1.51. The van der Waals surface area contributed by atoms with Crippen LogP contribution in [0.25, 0.3) is 16.3 Å². The highest BCUT2D eigenvalue weighted by Crippen LogP contribution is 2.34. The van der Waals surface area contributed by atoms with Gasteiger partial charge in [0.2, 0.25) is 5.13 Å². The summed E-state index contributed by atoms with van der Waals surface area (Å²) >= 11 is 13.5. The lowest BCUT2D eigenvalue weighted by atomic mass is 10.1. The van der Waals surface area contributed by atoms with Crippen molar-refractivity contribution in [3.63, 3.8) is 0 Å². The van der Waals surface area contributed by atoms with Gasteiger partial charge in [-0.1, -0.05) is 40.6 Å². The average molecular weight is 458 g/mol. The Morgan fingerprint density at radius 3 is 2.60 bits per heavy atom. The molecule has 0 aliphatic rings. The van der Waals surface area contributed by atoms with Crippen LogP contribution in [0.1, 0.15) is 22.4 Å². The van der Waals surface area contributed by atoms with Crippen molar-refractivity contribution in [2.45, 2.75) is 20.8 Å². The molecule has 1 N–H and O–H groups in total. The van der Waals surface area contributed by atoms with Crippen LogP contribution in [-0.2, 0) is 0 Å². The average Bonchev–Trinajstić information content (AvgIpc) is 3.27. The molecular weight excluding hydrogens is 441 g/mol. The van der Waals surface area contributed by atoms with Gasteiger partial charge >= 0.3 is 0 Å². The van der Waals surface area contributed by atoms with Crippen LogP contribution in [0, 0.1) is 20.8 Å². The van der Waals surface area contributed by atoms with Crippen LogP contribution < -0.4 is 5.56 Å². The van der Waals surface area contributed by atoms with Gasteiger partial charge in [0.25, 0.3) is 5.56 Å². The number of nitrogens with zero attached hydrogens (tertiary/aromatic N) is 4. The van der Waals surface area contributed by atoms with E-state index in [4.69, 9.17) is 23.2 Å². The predicted molar refractivity (Wildman–Crippen MR) is 123 cm³/mol. The Bertz CT molecular complexity index is 1340. The number of H-pyrrole nitrogens is 1. The van der Waals surface area contributed by atoms with Crippen molar-refractivity contribution < 1.29 is 0 Å². The molecule has 9 heteroatoms. The second-order valence-corrected chi connectivity index (χ2v) is 8.63. The molecule has 0 saturated heterocycles. The first-order valence-corrected chi connectivity index (χ1v) is 10.6. The lowest BCUT2D eigenvalue weighted by Crippen LogP contribution is -2.17. The van der Waals surface area contributed by atoms with Crippen LogP contribution in [-0.4, -0.2) is 26.2 Å². The maximum atomic E-state index is 12.9. The highest BCUT2D eigenvalue weighted by atomic mass is 35.5. The lowest BCUT2D eigenvalue weighted by molar-refractivity contribution is 0.833. The molecule has 6 nitrogen and oxygen atoms in total. The maximum absolute atomic E-state index is 12.9. The first-order valence-electron chi connectivity index (χ1n) is 9.05. The molecule has 0 aliphatic heterocycles. The van der Waals surface area contributed by atoms with Gasteiger partial charge in [0, 0.05) is 22.5 Å². The number of aromatic amines is 1. The smallest absolute Gasteiger partial charge is 0.280 e. The SMILES string of the molecule is Cc1ccc(-n2[nH]c(C)c(C=Nc3nnc(-c4ccc(Cl)cc4Cl)s3)c2=O)cc1C. The molecular formula is C21H17Cl2N5OS. The zero-order valence-corrected chi connectivity index (χ0v) is 18.7. The van der Waals surface area contributed by atoms with Gasteiger partial charge < -0.3 is 0 Å². The van der Waals surface area contributed by atoms with E-state index < -0.39 is 0 Å². The Hall–Kier alpha value is -2.74. The van der Waals surface area contributed by atoms with E-state index in [0.29, 0.717) is 31.4 Å². The minimum Gasteiger partial charge on any atom is -0.295 e. The van der Waals surface area contributed by atoms with Crippen molar-refractivity contribution in [3.8, 4) is 16.3 Å². The molecule has 0 saturated carbocycles. The Balaban J connectivity index is 1.64. The molecule has 0 radical (unpaired) electrons. The molecule has 0 fully saturated rings. The second-order valence-electron chi connectivity index (χ2n) is 6.83. The maximum Gasteiger partial charge on any atom is 0.280 e. The van der Waals surface area contributed by atoms with Crippen LogP contribution in [0.2, 0.25) is 10.0 Å². The molecule has 2 aromatic heterocycles. The van der Waals surface area contributed by atoms with Crippen molar-refractivity contribution in [2.24, 2.45) is 4.99 Å². The fourth-order valence-electron chi connectivity index (χ4n) is 2.92. The molecule has 0 amide bonds. The van der Waals surface area contributed by atoms with E-state index in [1.54, 1.807) is 18.2 Å². The largest absolute Gasteiger partial charge is 0.295 e. The van der Waals surface area contributed by atoms with Gasteiger partial charge in [-0.15, -0.1) is 10.2 Å². The molecule has 0 spiro atoms. The number of hydrogen-bond acceptors (Lipinski definition) is 5. The quantitative estimate of drug-likeness (QED) is 0.401. The fourth-order valence-corrected chi connectivity index (χ4v) is 4.20. The Labute approximate surface area is 186 Å². The third-order valence-electron chi connectivity index (χ3n) is 4.75. The Morgan fingerprint density at radius 2 is 1.87 bits per heavy atom. The van der Waals surface area contributed by atoms with Crippen LogP contribution in [0.3, 0.4) is 0 Å². The predicted octanol–water partition coefficient (Wildman–Crippen LogP) is 5.67. The molecule has 4 rings (SSSR count). The minimum atomic E-state index is -0.176. The number of hydrogen-bond donors (Lipinski definition) is 1. The highest BCUT2D eigenvalue weighted by Gasteiger charge is 2.13. The fraction of sp³-hybridized carbons (Fsp3) is 0.143. The molecule has 152 valence electrons. The number of nitrogens with one attached hydrogen (secondary N) is 1. The molecule has 4 aromatic rings. The number of aromatic nitrogens is 4. The monoisotopic (exact) mass is 457 g/mol. The number of halogens is 2. The van der Waals surface area contributed by atoms with Gasteiger partial charge in [0.05, 0.1) is 16.3 Å². The third-order valence-corrected chi connectivity index (χ3v) is 6.16. The zero-order chi connectivity index (χ0) is 21.4. The molecule has 2 aromatic carbocycles. The van der Waals surface area contributed by atoms with Gasteiger partial charge in [0.1, 0.15) is 0 Å². The van der Waals surface area contributed by atoms with E-state index in [-0.39, 0.29) is 5.56 Å².